The van der Waals surface area contributed by atoms with Crippen LogP contribution in [-0.2, 0) is 31.3 Å². The molecule has 1 aliphatic rings. The van der Waals surface area contributed by atoms with Crippen LogP contribution < -0.4 is 15.3 Å². The van der Waals surface area contributed by atoms with Crippen LogP contribution in [0.15, 0.2) is 52.3 Å². The summed E-state index contributed by atoms with van der Waals surface area (Å²) in [5, 5.41) is 14.7. The first-order chi connectivity index (χ1) is 11.2. The summed E-state index contributed by atoms with van der Waals surface area (Å²) in [7, 11) is -9.14. The SMILES string of the molecule is NS(=O)(=O)c1cccc(S(=O)(=O)Nc2ccc3c(c2)B(O)OC3)c1. The van der Waals surface area contributed by atoms with Gasteiger partial charge in [-0.25, -0.2) is 22.0 Å². The van der Waals surface area contributed by atoms with Crippen LogP contribution >= 0.6 is 0 Å². The average Bonchev–Trinajstić information content (AvgIpc) is 2.87. The van der Waals surface area contributed by atoms with Gasteiger partial charge in [0, 0.05) is 5.69 Å². The fourth-order valence-electron chi connectivity index (χ4n) is 2.31. The summed E-state index contributed by atoms with van der Waals surface area (Å²) in [4.78, 5) is -0.547. The number of nitrogens with two attached hydrogens (primary N) is 1. The fraction of sp³-hybridized carbons (Fsp3) is 0.0769. The van der Waals surface area contributed by atoms with Gasteiger partial charge in [-0.2, -0.15) is 0 Å². The van der Waals surface area contributed by atoms with Crippen molar-refractivity contribution in [1.82, 2.24) is 0 Å². The summed E-state index contributed by atoms with van der Waals surface area (Å²) in [5.74, 6) is 0. The number of hydrogen-bond acceptors (Lipinski definition) is 6. The predicted molar refractivity (Wildman–Crippen MR) is 87.5 cm³/mol. The molecule has 2 aromatic carbocycles. The minimum absolute atomic E-state index is 0.222. The van der Waals surface area contributed by atoms with E-state index >= 15 is 0 Å². The van der Waals surface area contributed by atoms with Gasteiger partial charge in [0.25, 0.3) is 10.0 Å². The maximum atomic E-state index is 12.4. The molecule has 0 bridgehead atoms. The van der Waals surface area contributed by atoms with Gasteiger partial charge in [-0.15, -0.1) is 0 Å². The molecule has 0 amide bonds. The summed E-state index contributed by atoms with van der Waals surface area (Å²) in [5.41, 5.74) is 1.47. The van der Waals surface area contributed by atoms with E-state index in [0.717, 1.165) is 11.6 Å². The summed E-state index contributed by atoms with van der Waals surface area (Å²) >= 11 is 0. The molecule has 0 unspecified atom stereocenters. The van der Waals surface area contributed by atoms with E-state index in [0.29, 0.717) is 5.46 Å². The van der Waals surface area contributed by atoms with E-state index in [-0.39, 0.29) is 22.1 Å². The monoisotopic (exact) mass is 368 g/mol. The Balaban J connectivity index is 1.94. The van der Waals surface area contributed by atoms with Crippen LogP contribution in [0, 0.1) is 0 Å². The van der Waals surface area contributed by atoms with Crippen molar-refractivity contribution in [1.29, 1.82) is 0 Å². The molecule has 4 N–H and O–H groups in total. The second-order valence-electron chi connectivity index (χ2n) is 5.20. The van der Waals surface area contributed by atoms with Crippen molar-refractivity contribution >= 4 is 38.3 Å². The van der Waals surface area contributed by atoms with E-state index < -0.39 is 27.2 Å². The van der Waals surface area contributed by atoms with Gasteiger partial charge in [-0.05, 0) is 41.4 Å². The molecule has 0 radical (unpaired) electrons. The van der Waals surface area contributed by atoms with Gasteiger partial charge in [0.1, 0.15) is 0 Å². The van der Waals surface area contributed by atoms with Gasteiger partial charge in [-0.3, -0.25) is 4.72 Å². The number of benzene rings is 2. The van der Waals surface area contributed by atoms with E-state index in [1.165, 1.54) is 30.3 Å². The highest BCUT2D eigenvalue weighted by Crippen LogP contribution is 2.20. The molecule has 1 aliphatic heterocycles. The zero-order valence-electron chi connectivity index (χ0n) is 12.2. The first kappa shape index (κ1) is 16.9. The lowest BCUT2D eigenvalue weighted by atomic mass is 9.79. The molecular weight excluding hydrogens is 355 g/mol. The van der Waals surface area contributed by atoms with Gasteiger partial charge in [0.2, 0.25) is 10.0 Å². The van der Waals surface area contributed by atoms with Crippen molar-refractivity contribution in [3.63, 3.8) is 0 Å². The van der Waals surface area contributed by atoms with Crippen molar-refractivity contribution < 1.29 is 26.5 Å². The number of hydrogen-bond donors (Lipinski definition) is 3. The van der Waals surface area contributed by atoms with Crippen LogP contribution in [0.3, 0.4) is 0 Å². The van der Waals surface area contributed by atoms with E-state index in [1.54, 1.807) is 6.07 Å². The molecule has 126 valence electrons. The molecule has 0 spiro atoms. The minimum Gasteiger partial charge on any atom is -0.423 e. The standard InChI is InChI=1S/C13H13BN2O6S2/c15-23(18,19)11-2-1-3-12(7-11)24(20,21)16-10-5-4-9-8-22-14(17)13(9)6-10/h1-7,16-17H,8H2,(H2,15,18,19). The second kappa shape index (κ2) is 5.86. The summed E-state index contributed by atoms with van der Waals surface area (Å²) in [6, 6.07) is 9.36. The number of fused-ring (bicyclic) bond motifs is 1. The number of anilines is 1. The largest absolute Gasteiger partial charge is 0.491 e. The maximum absolute atomic E-state index is 12.4. The number of rotatable bonds is 4. The Labute approximate surface area is 139 Å². The van der Waals surface area contributed by atoms with Gasteiger partial charge in [0.05, 0.1) is 16.4 Å². The van der Waals surface area contributed by atoms with Gasteiger partial charge < -0.3 is 9.68 Å². The Hall–Kier alpha value is -1.92. The Morgan fingerprint density at radius 2 is 1.79 bits per heavy atom. The number of nitrogens with one attached hydrogen (secondary N) is 1. The molecule has 2 aromatic rings. The van der Waals surface area contributed by atoms with Crippen LogP contribution in [0.1, 0.15) is 5.56 Å². The molecule has 0 aromatic heterocycles. The second-order valence-corrected chi connectivity index (χ2v) is 8.45. The van der Waals surface area contributed by atoms with Crippen LogP contribution in [0.25, 0.3) is 0 Å². The number of sulfonamides is 2. The lowest BCUT2D eigenvalue weighted by Gasteiger charge is -2.10. The van der Waals surface area contributed by atoms with E-state index in [9.17, 15) is 21.9 Å². The quantitative estimate of drug-likeness (QED) is 0.614. The van der Waals surface area contributed by atoms with Gasteiger partial charge in [0.15, 0.2) is 0 Å². The van der Waals surface area contributed by atoms with E-state index in [4.69, 9.17) is 9.79 Å². The molecule has 0 aliphatic carbocycles. The molecule has 0 saturated heterocycles. The predicted octanol–water partition coefficient (Wildman–Crippen LogP) is -0.648. The van der Waals surface area contributed by atoms with E-state index in [2.05, 4.69) is 4.72 Å². The zero-order valence-corrected chi connectivity index (χ0v) is 13.8. The van der Waals surface area contributed by atoms with Crippen LogP contribution in [0.4, 0.5) is 5.69 Å². The Bertz CT molecular complexity index is 1010. The van der Waals surface area contributed by atoms with Crippen molar-refractivity contribution in [3.8, 4) is 0 Å². The van der Waals surface area contributed by atoms with Crippen LogP contribution in [0.5, 0.6) is 0 Å². The third-order valence-electron chi connectivity index (χ3n) is 3.51. The van der Waals surface area contributed by atoms with Crippen molar-refractivity contribution in [2.45, 2.75) is 16.4 Å². The molecule has 0 atom stereocenters. The first-order valence-corrected chi connectivity index (χ1v) is 9.78. The topological polar surface area (TPSA) is 136 Å². The lowest BCUT2D eigenvalue weighted by molar-refractivity contribution is 0.275. The molecule has 1 heterocycles. The normalized spacial score (nSPS) is 14.5. The average molecular weight is 368 g/mol. The van der Waals surface area contributed by atoms with Gasteiger partial charge in [-0.1, -0.05) is 12.1 Å². The van der Waals surface area contributed by atoms with E-state index in [1.807, 2.05) is 0 Å². The molecule has 8 nitrogen and oxygen atoms in total. The fourth-order valence-corrected chi connectivity index (χ4v) is 4.04. The Kier molecular flexibility index (Phi) is 4.14. The molecule has 0 saturated carbocycles. The third-order valence-corrected chi connectivity index (χ3v) is 5.80. The summed E-state index contributed by atoms with van der Waals surface area (Å²) in [6.45, 7) is 0.250. The van der Waals surface area contributed by atoms with Crippen LogP contribution in [-0.4, -0.2) is 29.0 Å². The summed E-state index contributed by atoms with van der Waals surface area (Å²) < 4.78 is 54.9. The summed E-state index contributed by atoms with van der Waals surface area (Å²) in [6.07, 6.45) is 0. The van der Waals surface area contributed by atoms with Gasteiger partial charge >= 0.3 is 7.12 Å². The van der Waals surface area contributed by atoms with Crippen molar-refractivity contribution in [2.75, 3.05) is 4.72 Å². The minimum atomic E-state index is -4.02. The molecule has 0 fully saturated rings. The number of primary sulfonamides is 1. The molecule has 3 rings (SSSR count). The highest BCUT2D eigenvalue weighted by molar-refractivity contribution is 7.93. The Morgan fingerprint density at radius 3 is 2.50 bits per heavy atom. The highest BCUT2D eigenvalue weighted by atomic mass is 32.2. The third kappa shape index (κ3) is 3.30. The van der Waals surface area contributed by atoms with Crippen molar-refractivity contribution in [2.24, 2.45) is 5.14 Å². The molecular formula is C13H13BN2O6S2. The van der Waals surface area contributed by atoms with Crippen molar-refractivity contribution in [3.05, 3.63) is 48.0 Å². The molecule has 11 heteroatoms. The lowest BCUT2D eigenvalue weighted by Crippen LogP contribution is -2.28. The highest BCUT2D eigenvalue weighted by Gasteiger charge is 2.28. The van der Waals surface area contributed by atoms with Crippen LogP contribution in [0.2, 0.25) is 0 Å². The smallest absolute Gasteiger partial charge is 0.423 e. The first-order valence-electron chi connectivity index (χ1n) is 6.75. The maximum Gasteiger partial charge on any atom is 0.491 e. The zero-order chi connectivity index (χ0) is 17.5. The molecule has 24 heavy (non-hydrogen) atoms. The Morgan fingerprint density at radius 1 is 1.08 bits per heavy atom.